The van der Waals surface area contributed by atoms with E-state index in [4.69, 9.17) is 0 Å². The molecule has 2 aliphatic rings. The number of fused-ring (bicyclic) bond motifs is 1. The van der Waals surface area contributed by atoms with Crippen molar-refractivity contribution in [3.63, 3.8) is 0 Å². The second-order valence-corrected chi connectivity index (χ2v) is 5.88. The molecule has 0 bridgehead atoms. The van der Waals surface area contributed by atoms with E-state index in [1.165, 1.54) is 36.8 Å². The fourth-order valence-electron chi connectivity index (χ4n) is 3.51. The summed E-state index contributed by atoms with van der Waals surface area (Å²) in [6, 6.07) is 9.37. The summed E-state index contributed by atoms with van der Waals surface area (Å²) < 4.78 is 0. The second-order valence-electron chi connectivity index (χ2n) is 5.88. The Labute approximate surface area is 109 Å². The molecule has 1 fully saturated rings. The summed E-state index contributed by atoms with van der Waals surface area (Å²) in [6.45, 7) is 1.07. The molecule has 2 heteroatoms. The first-order valence-electron chi connectivity index (χ1n) is 7.32. The van der Waals surface area contributed by atoms with E-state index in [-0.39, 0.29) is 6.10 Å². The zero-order valence-electron chi connectivity index (χ0n) is 10.9. The van der Waals surface area contributed by atoms with Gasteiger partial charge in [0.1, 0.15) is 0 Å². The third-order valence-corrected chi connectivity index (χ3v) is 4.54. The number of aliphatic hydroxyl groups is 1. The molecule has 0 saturated heterocycles. The molecule has 0 heterocycles. The van der Waals surface area contributed by atoms with Crippen LogP contribution >= 0.6 is 0 Å². The van der Waals surface area contributed by atoms with E-state index in [2.05, 4.69) is 29.6 Å². The fourth-order valence-corrected chi connectivity index (χ4v) is 3.51. The Morgan fingerprint density at radius 2 is 2.06 bits per heavy atom. The Balaban J connectivity index is 1.60. The van der Waals surface area contributed by atoms with Gasteiger partial charge in [0.05, 0.1) is 6.10 Å². The summed E-state index contributed by atoms with van der Waals surface area (Å²) in [4.78, 5) is 0. The quantitative estimate of drug-likeness (QED) is 0.858. The van der Waals surface area contributed by atoms with Crippen molar-refractivity contribution >= 4 is 0 Å². The molecule has 2 nitrogen and oxygen atoms in total. The minimum absolute atomic E-state index is 0.0459. The van der Waals surface area contributed by atoms with Gasteiger partial charge in [0.25, 0.3) is 0 Å². The summed E-state index contributed by atoms with van der Waals surface area (Å²) >= 11 is 0. The molecule has 0 aliphatic heterocycles. The Morgan fingerprint density at radius 3 is 2.89 bits per heavy atom. The molecule has 0 amide bonds. The minimum Gasteiger partial charge on any atom is -0.393 e. The van der Waals surface area contributed by atoms with Crippen LogP contribution in [0.4, 0.5) is 0 Å². The highest BCUT2D eigenvalue weighted by molar-refractivity contribution is 5.32. The third-order valence-electron chi connectivity index (χ3n) is 4.54. The van der Waals surface area contributed by atoms with E-state index in [1.54, 1.807) is 0 Å². The van der Waals surface area contributed by atoms with Gasteiger partial charge in [0.2, 0.25) is 0 Å². The number of benzene rings is 1. The molecule has 3 rings (SSSR count). The van der Waals surface area contributed by atoms with Crippen LogP contribution in [0.25, 0.3) is 0 Å². The van der Waals surface area contributed by atoms with Gasteiger partial charge in [-0.25, -0.2) is 0 Å². The molecule has 18 heavy (non-hydrogen) atoms. The van der Waals surface area contributed by atoms with Gasteiger partial charge in [-0.15, -0.1) is 0 Å². The average molecular weight is 245 g/mol. The predicted octanol–water partition coefficient (Wildman–Crippen LogP) is 2.81. The van der Waals surface area contributed by atoms with Crippen molar-refractivity contribution in [3.8, 4) is 0 Å². The van der Waals surface area contributed by atoms with Crippen molar-refractivity contribution in [1.82, 2.24) is 5.32 Å². The zero-order valence-corrected chi connectivity index (χ0v) is 10.9. The lowest BCUT2D eigenvalue weighted by Crippen LogP contribution is -2.29. The van der Waals surface area contributed by atoms with Crippen LogP contribution in [0.5, 0.6) is 0 Å². The van der Waals surface area contributed by atoms with Gasteiger partial charge < -0.3 is 10.4 Å². The third kappa shape index (κ3) is 2.60. The van der Waals surface area contributed by atoms with Crippen LogP contribution in [0.15, 0.2) is 24.3 Å². The van der Waals surface area contributed by atoms with Crippen molar-refractivity contribution in [2.75, 3.05) is 6.54 Å². The molecule has 0 radical (unpaired) electrons. The van der Waals surface area contributed by atoms with Gasteiger partial charge in [-0.05, 0) is 62.1 Å². The Hall–Kier alpha value is -0.860. The number of aliphatic hydroxyl groups excluding tert-OH is 1. The van der Waals surface area contributed by atoms with Crippen molar-refractivity contribution in [2.24, 2.45) is 5.92 Å². The Kier molecular flexibility index (Phi) is 3.67. The average Bonchev–Trinajstić information content (AvgIpc) is 2.82. The maximum atomic E-state index is 9.57. The molecule has 3 atom stereocenters. The van der Waals surface area contributed by atoms with Crippen molar-refractivity contribution in [3.05, 3.63) is 35.4 Å². The zero-order chi connectivity index (χ0) is 12.4. The monoisotopic (exact) mass is 245 g/mol. The SMILES string of the molecule is OC1CCC(CNC2CCCc3ccccc32)C1. The van der Waals surface area contributed by atoms with Crippen LogP contribution in [0.1, 0.15) is 49.3 Å². The lowest BCUT2D eigenvalue weighted by Gasteiger charge is -2.27. The fraction of sp³-hybridized carbons (Fsp3) is 0.625. The van der Waals surface area contributed by atoms with Crippen LogP contribution in [0, 0.1) is 5.92 Å². The molecular formula is C16H23NO. The van der Waals surface area contributed by atoms with Crippen LogP contribution in [0.2, 0.25) is 0 Å². The van der Waals surface area contributed by atoms with Crippen molar-refractivity contribution < 1.29 is 5.11 Å². The van der Waals surface area contributed by atoms with E-state index in [0.29, 0.717) is 12.0 Å². The van der Waals surface area contributed by atoms with E-state index >= 15 is 0 Å². The first-order chi connectivity index (χ1) is 8.83. The van der Waals surface area contributed by atoms with E-state index < -0.39 is 0 Å². The molecule has 1 saturated carbocycles. The number of hydrogen-bond acceptors (Lipinski definition) is 2. The molecule has 2 N–H and O–H groups in total. The summed E-state index contributed by atoms with van der Waals surface area (Å²) in [5.41, 5.74) is 3.02. The Morgan fingerprint density at radius 1 is 1.17 bits per heavy atom. The molecule has 3 unspecified atom stereocenters. The molecule has 1 aromatic rings. The first-order valence-corrected chi connectivity index (χ1v) is 7.32. The molecular weight excluding hydrogens is 222 g/mol. The molecule has 0 spiro atoms. The first kappa shape index (κ1) is 12.2. The van der Waals surface area contributed by atoms with E-state index in [1.807, 2.05) is 0 Å². The lowest BCUT2D eigenvalue weighted by molar-refractivity contribution is 0.177. The van der Waals surface area contributed by atoms with Crippen molar-refractivity contribution in [2.45, 2.75) is 50.7 Å². The van der Waals surface area contributed by atoms with Gasteiger partial charge in [0, 0.05) is 6.04 Å². The summed E-state index contributed by atoms with van der Waals surface area (Å²) in [5.74, 6) is 0.675. The van der Waals surface area contributed by atoms with E-state index in [9.17, 15) is 5.11 Å². The molecule has 0 aromatic heterocycles. The molecule has 1 aromatic carbocycles. The Bertz CT molecular complexity index is 404. The van der Waals surface area contributed by atoms with Crippen LogP contribution in [-0.4, -0.2) is 17.8 Å². The standard InChI is InChI=1S/C16H23NO/c18-14-9-8-12(10-14)11-17-16-7-3-5-13-4-1-2-6-15(13)16/h1-2,4,6,12,14,16-18H,3,5,7-11H2. The molecule has 98 valence electrons. The van der Waals surface area contributed by atoms with Crippen LogP contribution in [0.3, 0.4) is 0 Å². The van der Waals surface area contributed by atoms with Gasteiger partial charge >= 0.3 is 0 Å². The highest BCUT2D eigenvalue weighted by atomic mass is 16.3. The minimum atomic E-state index is -0.0459. The topological polar surface area (TPSA) is 32.3 Å². The maximum Gasteiger partial charge on any atom is 0.0543 e. The highest BCUT2D eigenvalue weighted by Crippen LogP contribution is 2.31. The van der Waals surface area contributed by atoms with Gasteiger partial charge in [0.15, 0.2) is 0 Å². The van der Waals surface area contributed by atoms with Gasteiger partial charge in [-0.3, -0.25) is 0 Å². The number of rotatable bonds is 3. The molecule has 2 aliphatic carbocycles. The summed E-state index contributed by atoms with van der Waals surface area (Å²) in [5, 5.41) is 13.3. The van der Waals surface area contributed by atoms with Gasteiger partial charge in [-0.1, -0.05) is 24.3 Å². The van der Waals surface area contributed by atoms with Crippen LogP contribution in [-0.2, 0) is 6.42 Å². The summed E-state index contributed by atoms with van der Waals surface area (Å²) in [7, 11) is 0. The summed E-state index contributed by atoms with van der Waals surface area (Å²) in [6.07, 6.45) is 6.90. The van der Waals surface area contributed by atoms with Crippen LogP contribution < -0.4 is 5.32 Å². The van der Waals surface area contributed by atoms with E-state index in [0.717, 1.165) is 19.4 Å². The normalized spacial score (nSPS) is 31.3. The number of aryl methyl sites for hydroxylation is 1. The number of hydrogen-bond donors (Lipinski definition) is 2. The van der Waals surface area contributed by atoms with Gasteiger partial charge in [-0.2, -0.15) is 0 Å². The maximum absolute atomic E-state index is 9.57. The predicted molar refractivity (Wildman–Crippen MR) is 73.5 cm³/mol. The lowest BCUT2D eigenvalue weighted by atomic mass is 9.87. The highest BCUT2D eigenvalue weighted by Gasteiger charge is 2.25. The number of nitrogens with one attached hydrogen (secondary N) is 1. The largest absolute Gasteiger partial charge is 0.393 e. The van der Waals surface area contributed by atoms with Crippen molar-refractivity contribution in [1.29, 1.82) is 0 Å². The smallest absolute Gasteiger partial charge is 0.0543 e. The second kappa shape index (κ2) is 5.41.